The summed E-state index contributed by atoms with van der Waals surface area (Å²) in [5.41, 5.74) is 6.52. The molecule has 1 aliphatic heterocycles. The minimum atomic E-state index is -0.884. The van der Waals surface area contributed by atoms with Crippen LogP contribution in [0.4, 0.5) is 0 Å². The smallest absolute Gasteiger partial charge is 0.335 e. The van der Waals surface area contributed by atoms with Crippen LogP contribution in [-0.4, -0.2) is 20.6 Å². The van der Waals surface area contributed by atoms with E-state index in [4.69, 9.17) is 0 Å². The third-order valence-electron chi connectivity index (χ3n) is 5.58. The maximum Gasteiger partial charge on any atom is 0.335 e. The van der Waals surface area contributed by atoms with Gasteiger partial charge < -0.3 is 14.7 Å². The molecule has 1 atom stereocenters. The van der Waals surface area contributed by atoms with Crippen molar-refractivity contribution >= 4 is 27.8 Å². The molecule has 0 radical (unpaired) electrons. The standard InChI is InChI=1S/C21H18N2O2/c1-12-14-4-2-3-5-19(14)23-9-8-15(20(12)23)17-11-22-18-7-6-13(21(24)25)10-16(17)18/h2-7,10-11,15,22H,8-9H2,1H3,(H,24,25). The molecule has 2 N–H and O–H groups in total. The molecule has 0 saturated heterocycles. The number of H-pyrrole nitrogens is 1. The number of aromatic nitrogens is 2. The lowest BCUT2D eigenvalue weighted by Crippen LogP contribution is -1.99. The molecular formula is C21H18N2O2. The zero-order valence-corrected chi connectivity index (χ0v) is 13.9. The van der Waals surface area contributed by atoms with Crippen molar-refractivity contribution in [3.63, 3.8) is 0 Å². The van der Waals surface area contributed by atoms with Crippen molar-refractivity contribution in [1.29, 1.82) is 0 Å². The predicted octanol–water partition coefficient (Wildman–Crippen LogP) is 4.66. The molecule has 1 unspecified atom stereocenters. The monoisotopic (exact) mass is 330 g/mol. The van der Waals surface area contributed by atoms with E-state index in [-0.39, 0.29) is 0 Å². The zero-order chi connectivity index (χ0) is 17.1. The SMILES string of the molecule is Cc1c2n(c3ccccc13)CCC2c1c[nH]c2ccc(C(=O)O)cc12. The Morgan fingerprint density at radius 2 is 2.04 bits per heavy atom. The van der Waals surface area contributed by atoms with Crippen LogP contribution in [0.3, 0.4) is 0 Å². The molecule has 0 spiro atoms. The number of carboxylic acid groups (broad SMARTS) is 1. The Labute approximate surface area is 144 Å². The van der Waals surface area contributed by atoms with E-state index < -0.39 is 5.97 Å². The molecule has 4 heteroatoms. The lowest BCUT2D eigenvalue weighted by Gasteiger charge is -2.10. The highest BCUT2D eigenvalue weighted by atomic mass is 16.4. The zero-order valence-electron chi connectivity index (χ0n) is 13.9. The Hall–Kier alpha value is -3.01. The fourth-order valence-electron chi connectivity index (χ4n) is 4.45. The lowest BCUT2D eigenvalue weighted by molar-refractivity contribution is 0.0697. The van der Waals surface area contributed by atoms with Crippen molar-refractivity contribution in [3.8, 4) is 0 Å². The first kappa shape index (κ1) is 14.3. The van der Waals surface area contributed by atoms with E-state index in [1.54, 1.807) is 12.1 Å². The van der Waals surface area contributed by atoms with E-state index in [1.807, 2.05) is 12.3 Å². The van der Waals surface area contributed by atoms with E-state index in [9.17, 15) is 9.90 Å². The number of para-hydroxylation sites is 1. The van der Waals surface area contributed by atoms with Gasteiger partial charge in [0.25, 0.3) is 0 Å². The number of aryl methyl sites for hydroxylation is 2. The molecule has 0 bridgehead atoms. The summed E-state index contributed by atoms with van der Waals surface area (Å²) in [5, 5.41) is 11.7. The summed E-state index contributed by atoms with van der Waals surface area (Å²) >= 11 is 0. The minimum absolute atomic E-state index is 0.296. The van der Waals surface area contributed by atoms with Gasteiger partial charge in [-0.3, -0.25) is 0 Å². The highest BCUT2D eigenvalue weighted by molar-refractivity contribution is 5.95. The molecular weight excluding hydrogens is 312 g/mol. The molecule has 25 heavy (non-hydrogen) atoms. The second-order valence-electron chi connectivity index (χ2n) is 6.83. The molecule has 1 aliphatic rings. The molecule has 4 aromatic rings. The number of nitrogens with zero attached hydrogens (tertiary/aromatic N) is 1. The number of hydrogen-bond donors (Lipinski definition) is 2. The molecule has 3 heterocycles. The first-order chi connectivity index (χ1) is 12.1. The Morgan fingerprint density at radius 1 is 1.20 bits per heavy atom. The lowest BCUT2D eigenvalue weighted by atomic mass is 9.91. The molecule has 2 aromatic heterocycles. The highest BCUT2D eigenvalue weighted by Gasteiger charge is 2.30. The summed E-state index contributed by atoms with van der Waals surface area (Å²) in [6.45, 7) is 3.20. The number of carboxylic acids is 1. The van der Waals surface area contributed by atoms with Crippen LogP contribution in [0.1, 0.15) is 39.5 Å². The van der Waals surface area contributed by atoms with Gasteiger partial charge in [-0.05, 0) is 48.7 Å². The van der Waals surface area contributed by atoms with Crippen molar-refractivity contribution < 1.29 is 9.90 Å². The number of nitrogens with one attached hydrogen (secondary N) is 1. The second kappa shape index (κ2) is 4.99. The van der Waals surface area contributed by atoms with Crippen LogP contribution in [0.2, 0.25) is 0 Å². The quantitative estimate of drug-likeness (QED) is 0.561. The third-order valence-corrected chi connectivity index (χ3v) is 5.58. The summed E-state index contributed by atoms with van der Waals surface area (Å²) in [7, 11) is 0. The van der Waals surface area contributed by atoms with Gasteiger partial charge in [0.15, 0.2) is 0 Å². The largest absolute Gasteiger partial charge is 0.478 e. The molecule has 0 fully saturated rings. The van der Waals surface area contributed by atoms with Crippen LogP contribution in [0.25, 0.3) is 21.8 Å². The van der Waals surface area contributed by atoms with Gasteiger partial charge in [-0.2, -0.15) is 0 Å². The average Bonchev–Trinajstić information content (AvgIpc) is 3.29. The van der Waals surface area contributed by atoms with Crippen LogP contribution in [0, 0.1) is 6.92 Å². The third kappa shape index (κ3) is 1.91. The van der Waals surface area contributed by atoms with E-state index in [1.165, 1.54) is 27.7 Å². The second-order valence-corrected chi connectivity index (χ2v) is 6.83. The van der Waals surface area contributed by atoms with E-state index in [0.29, 0.717) is 11.5 Å². The maximum atomic E-state index is 11.4. The van der Waals surface area contributed by atoms with Gasteiger partial charge in [-0.25, -0.2) is 4.79 Å². The van der Waals surface area contributed by atoms with Crippen molar-refractivity contribution in [3.05, 3.63) is 71.0 Å². The predicted molar refractivity (Wildman–Crippen MR) is 98.4 cm³/mol. The summed E-state index contributed by atoms with van der Waals surface area (Å²) in [5.74, 6) is -0.587. The number of benzene rings is 2. The molecule has 0 amide bonds. The van der Waals surface area contributed by atoms with Gasteiger partial charge in [0.05, 0.1) is 5.56 Å². The van der Waals surface area contributed by atoms with Crippen LogP contribution < -0.4 is 0 Å². The van der Waals surface area contributed by atoms with Crippen LogP contribution in [0.15, 0.2) is 48.7 Å². The molecule has 2 aromatic carbocycles. The highest BCUT2D eigenvalue weighted by Crippen LogP contribution is 2.43. The van der Waals surface area contributed by atoms with E-state index >= 15 is 0 Å². The number of fused-ring (bicyclic) bond motifs is 4. The maximum absolute atomic E-state index is 11.4. The van der Waals surface area contributed by atoms with Crippen molar-refractivity contribution in [2.24, 2.45) is 0 Å². The first-order valence-electron chi connectivity index (χ1n) is 8.57. The van der Waals surface area contributed by atoms with E-state index in [2.05, 4.69) is 40.7 Å². The first-order valence-corrected chi connectivity index (χ1v) is 8.57. The number of aromatic carboxylic acids is 1. The molecule has 0 saturated carbocycles. The number of carbonyl (C=O) groups is 1. The van der Waals surface area contributed by atoms with Crippen molar-refractivity contribution in [2.45, 2.75) is 25.8 Å². The topological polar surface area (TPSA) is 58.0 Å². The van der Waals surface area contributed by atoms with Gasteiger partial charge in [-0.15, -0.1) is 0 Å². The number of aromatic amines is 1. The van der Waals surface area contributed by atoms with Gasteiger partial charge in [0.1, 0.15) is 0 Å². The van der Waals surface area contributed by atoms with E-state index in [0.717, 1.165) is 23.9 Å². The normalized spacial score (nSPS) is 16.6. The Kier molecular flexibility index (Phi) is 2.86. The number of hydrogen-bond acceptors (Lipinski definition) is 1. The summed E-state index contributed by atoms with van der Waals surface area (Å²) in [6, 6.07) is 13.9. The fourth-order valence-corrected chi connectivity index (χ4v) is 4.45. The molecule has 0 aliphatic carbocycles. The van der Waals surface area contributed by atoms with Crippen molar-refractivity contribution in [1.82, 2.24) is 9.55 Å². The van der Waals surface area contributed by atoms with Crippen LogP contribution in [0.5, 0.6) is 0 Å². The van der Waals surface area contributed by atoms with Gasteiger partial charge >= 0.3 is 5.97 Å². The minimum Gasteiger partial charge on any atom is -0.478 e. The molecule has 4 nitrogen and oxygen atoms in total. The average molecular weight is 330 g/mol. The Balaban J connectivity index is 1.73. The van der Waals surface area contributed by atoms with Gasteiger partial charge in [-0.1, -0.05) is 18.2 Å². The Bertz CT molecular complexity index is 1150. The molecule has 5 rings (SSSR count). The van der Waals surface area contributed by atoms with Crippen LogP contribution in [-0.2, 0) is 6.54 Å². The fraction of sp³-hybridized carbons (Fsp3) is 0.190. The Morgan fingerprint density at radius 3 is 2.88 bits per heavy atom. The molecule has 124 valence electrons. The van der Waals surface area contributed by atoms with Crippen molar-refractivity contribution in [2.75, 3.05) is 0 Å². The summed E-state index contributed by atoms with van der Waals surface area (Å²) in [4.78, 5) is 14.7. The van der Waals surface area contributed by atoms with Crippen LogP contribution >= 0.6 is 0 Å². The van der Waals surface area contributed by atoms with Gasteiger partial charge in [0.2, 0.25) is 0 Å². The summed E-state index contributed by atoms with van der Waals surface area (Å²) in [6.07, 6.45) is 3.10. The number of rotatable bonds is 2. The summed E-state index contributed by atoms with van der Waals surface area (Å²) < 4.78 is 2.43. The van der Waals surface area contributed by atoms with Gasteiger partial charge in [0, 0.05) is 46.2 Å².